The van der Waals surface area contributed by atoms with Crippen molar-refractivity contribution < 1.29 is 24.2 Å². The van der Waals surface area contributed by atoms with E-state index in [-0.39, 0.29) is 18.0 Å². The monoisotopic (exact) mass is 648 g/mol. The minimum absolute atomic E-state index is 0.177. The van der Waals surface area contributed by atoms with Gasteiger partial charge in [-0.1, -0.05) is 78.3 Å². The molecule has 0 radical (unpaired) electrons. The van der Waals surface area contributed by atoms with Gasteiger partial charge in [0.1, 0.15) is 6.61 Å². The molecule has 46 heavy (non-hydrogen) atoms. The second-order valence-corrected chi connectivity index (χ2v) is 11.9. The molecule has 9 heteroatoms. The lowest BCUT2D eigenvalue weighted by molar-refractivity contribution is -0.122. The summed E-state index contributed by atoms with van der Waals surface area (Å²) in [7, 11) is 0. The van der Waals surface area contributed by atoms with Crippen LogP contribution in [0.2, 0.25) is 5.02 Å². The van der Waals surface area contributed by atoms with Crippen LogP contribution in [0.25, 0.3) is 16.8 Å². The number of hydrogen-bond acceptors (Lipinski definition) is 6. The highest BCUT2D eigenvalue weighted by atomic mass is 35.5. The first-order chi connectivity index (χ1) is 22.4. The average Bonchev–Trinajstić information content (AvgIpc) is 3.33. The van der Waals surface area contributed by atoms with E-state index in [2.05, 4.69) is 24.3 Å². The second-order valence-electron chi connectivity index (χ2n) is 10.5. The Labute approximate surface area is 275 Å². The largest absolute Gasteiger partial charge is 0.490 e. The van der Waals surface area contributed by atoms with Crippen molar-refractivity contribution in [2.45, 2.75) is 20.1 Å². The van der Waals surface area contributed by atoms with E-state index in [1.165, 1.54) is 23.9 Å². The number of carboxylic acid groups (broad SMARTS) is 1. The molecule has 230 valence electrons. The lowest BCUT2D eigenvalue weighted by Gasteiger charge is -2.16. The Hall–Kier alpha value is -5.05. The number of fused-ring (bicyclic) bond motifs is 1. The first-order valence-electron chi connectivity index (χ1n) is 14.6. The quantitative estimate of drug-likeness (QED) is 0.152. The minimum atomic E-state index is -1.01. The number of ether oxygens (including phenoxy) is 2. The number of amidine groups is 1. The zero-order chi connectivity index (χ0) is 32.0. The van der Waals surface area contributed by atoms with Crippen molar-refractivity contribution in [2.75, 3.05) is 6.61 Å². The number of hydrogen-bond donors (Lipinski definition) is 1. The van der Waals surface area contributed by atoms with Crippen LogP contribution in [-0.4, -0.2) is 33.7 Å². The Balaban J connectivity index is 1.28. The van der Waals surface area contributed by atoms with E-state index < -0.39 is 5.97 Å². The van der Waals surface area contributed by atoms with Crippen molar-refractivity contribution >= 4 is 62.9 Å². The molecule has 1 aliphatic heterocycles. The molecule has 0 unspecified atom stereocenters. The molecule has 5 aromatic carbocycles. The lowest BCUT2D eigenvalue weighted by Crippen LogP contribution is -2.28. The van der Waals surface area contributed by atoms with Gasteiger partial charge >= 0.3 is 5.97 Å². The topological polar surface area (TPSA) is 88.4 Å². The molecule has 6 rings (SSSR count). The van der Waals surface area contributed by atoms with Crippen molar-refractivity contribution in [2.24, 2.45) is 4.99 Å². The standard InChI is InChI=1S/C37H29ClN2O5S/c1-2-44-32-20-26(19-31(38)34(32)45-23-25-14-15-27-8-6-7-9-29(27)18-25)21-33-35(41)40(22-24-12-16-28(17-13-24)36(42)43)37(46-33)39-30-10-4-3-5-11-30/h3-21H,2,22-23H2,1H3,(H,42,43)/b33-21-,39-37?. The summed E-state index contributed by atoms with van der Waals surface area (Å²) in [6, 6.07) is 33.7. The summed E-state index contributed by atoms with van der Waals surface area (Å²) in [5.74, 6) is -0.326. The van der Waals surface area contributed by atoms with Crippen molar-refractivity contribution in [1.29, 1.82) is 0 Å². The minimum Gasteiger partial charge on any atom is -0.490 e. The van der Waals surface area contributed by atoms with Gasteiger partial charge in [-0.25, -0.2) is 9.79 Å². The van der Waals surface area contributed by atoms with Crippen LogP contribution in [0.15, 0.2) is 119 Å². The number of rotatable bonds is 10. The number of thioether (sulfide) groups is 1. The van der Waals surface area contributed by atoms with Gasteiger partial charge in [0.05, 0.1) is 34.3 Å². The molecule has 0 aromatic heterocycles. The lowest BCUT2D eigenvalue weighted by atomic mass is 10.1. The van der Waals surface area contributed by atoms with Crippen molar-refractivity contribution in [3.63, 3.8) is 0 Å². The highest BCUT2D eigenvalue weighted by Gasteiger charge is 2.33. The summed E-state index contributed by atoms with van der Waals surface area (Å²) in [6.45, 7) is 2.82. The van der Waals surface area contributed by atoms with Gasteiger partial charge in [0.25, 0.3) is 5.91 Å². The number of carbonyl (C=O) groups excluding carboxylic acids is 1. The number of amides is 1. The number of carbonyl (C=O) groups is 2. The van der Waals surface area contributed by atoms with Crippen LogP contribution in [-0.2, 0) is 17.9 Å². The van der Waals surface area contributed by atoms with Crippen LogP contribution in [0.4, 0.5) is 5.69 Å². The van der Waals surface area contributed by atoms with E-state index >= 15 is 0 Å². The number of aromatic carboxylic acids is 1. The van der Waals surface area contributed by atoms with Crippen LogP contribution in [0.5, 0.6) is 11.5 Å². The van der Waals surface area contributed by atoms with Gasteiger partial charge in [-0.05, 0) is 94.7 Å². The van der Waals surface area contributed by atoms with Crippen molar-refractivity contribution in [1.82, 2.24) is 4.90 Å². The van der Waals surface area contributed by atoms with Gasteiger partial charge in [0, 0.05) is 0 Å². The van der Waals surface area contributed by atoms with Gasteiger partial charge < -0.3 is 14.6 Å². The number of carboxylic acids is 1. The van der Waals surface area contributed by atoms with Crippen LogP contribution in [0.1, 0.15) is 34.0 Å². The molecule has 0 saturated carbocycles. The van der Waals surface area contributed by atoms with Gasteiger partial charge in [-0.15, -0.1) is 0 Å². The summed E-state index contributed by atoms with van der Waals surface area (Å²) < 4.78 is 12.1. The predicted octanol–water partition coefficient (Wildman–Crippen LogP) is 8.97. The number of nitrogens with zero attached hydrogens (tertiary/aromatic N) is 2. The zero-order valence-electron chi connectivity index (χ0n) is 24.9. The molecule has 5 aromatic rings. The molecule has 1 fully saturated rings. The first kappa shape index (κ1) is 31.0. The fourth-order valence-electron chi connectivity index (χ4n) is 4.99. The molecule has 1 saturated heterocycles. The maximum atomic E-state index is 13.8. The highest BCUT2D eigenvalue weighted by Crippen LogP contribution is 2.40. The third-order valence-electron chi connectivity index (χ3n) is 7.24. The van der Waals surface area contributed by atoms with Crippen LogP contribution in [0, 0.1) is 0 Å². The molecule has 1 N–H and O–H groups in total. The van der Waals surface area contributed by atoms with E-state index in [0.29, 0.717) is 51.1 Å². The summed E-state index contributed by atoms with van der Waals surface area (Å²) in [5.41, 5.74) is 3.33. The van der Waals surface area contributed by atoms with E-state index in [0.717, 1.165) is 21.9 Å². The fourth-order valence-corrected chi connectivity index (χ4v) is 6.26. The maximum absolute atomic E-state index is 13.8. The van der Waals surface area contributed by atoms with E-state index in [4.69, 9.17) is 26.1 Å². The van der Waals surface area contributed by atoms with Crippen molar-refractivity contribution in [3.05, 3.63) is 141 Å². The van der Waals surface area contributed by atoms with E-state index in [9.17, 15) is 14.7 Å². The summed E-state index contributed by atoms with van der Waals surface area (Å²) >= 11 is 8.02. The van der Waals surface area contributed by atoms with E-state index in [1.54, 1.807) is 29.2 Å². The van der Waals surface area contributed by atoms with Crippen LogP contribution < -0.4 is 9.47 Å². The molecule has 0 aliphatic carbocycles. The van der Waals surface area contributed by atoms with Crippen LogP contribution in [0.3, 0.4) is 0 Å². The van der Waals surface area contributed by atoms with Gasteiger partial charge in [0.15, 0.2) is 16.7 Å². The second kappa shape index (κ2) is 13.9. The maximum Gasteiger partial charge on any atom is 0.335 e. The Morgan fingerprint density at radius 3 is 2.35 bits per heavy atom. The molecule has 1 aliphatic rings. The fraction of sp³-hybridized carbons (Fsp3) is 0.108. The highest BCUT2D eigenvalue weighted by molar-refractivity contribution is 8.18. The number of halogens is 1. The number of aliphatic imine (C=N–C) groups is 1. The van der Waals surface area contributed by atoms with Gasteiger partial charge in [0.2, 0.25) is 0 Å². The molecule has 0 spiro atoms. The SMILES string of the molecule is CCOc1cc(/C=C2\SC(=Nc3ccccc3)N(Cc3ccc(C(=O)O)cc3)C2=O)cc(Cl)c1OCc1ccc2ccccc2c1. The molecule has 0 atom stereocenters. The third kappa shape index (κ3) is 7.09. The van der Waals surface area contributed by atoms with Gasteiger partial charge in [-0.3, -0.25) is 9.69 Å². The number of para-hydroxylation sites is 1. The predicted molar refractivity (Wildman–Crippen MR) is 184 cm³/mol. The van der Waals surface area contributed by atoms with Crippen LogP contribution >= 0.6 is 23.4 Å². The first-order valence-corrected chi connectivity index (χ1v) is 15.8. The Kier molecular flexibility index (Phi) is 9.38. The number of benzene rings is 5. The molecule has 1 heterocycles. The molecule has 1 amide bonds. The Morgan fingerprint density at radius 1 is 0.891 bits per heavy atom. The van der Waals surface area contributed by atoms with Gasteiger partial charge in [-0.2, -0.15) is 0 Å². The molecule has 0 bridgehead atoms. The molecule has 7 nitrogen and oxygen atoms in total. The van der Waals surface area contributed by atoms with E-state index in [1.807, 2.05) is 61.5 Å². The summed E-state index contributed by atoms with van der Waals surface area (Å²) in [6.07, 6.45) is 1.77. The normalized spacial score (nSPS) is 14.7. The summed E-state index contributed by atoms with van der Waals surface area (Å²) in [4.78, 5) is 31.9. The summed E-state index contributed by atoms with van der Waals surface area (Å²) in [5, 5.41) is 12.4. The van der Waals surface area contributed by atoms with Crippen molar-refractivity contribution in [3.8, 4) is 11.5 Å². The zero-order valence-corrected chi connectivity index (χ0v) is 26.4. The average molecular weight is 649 g/mol. The Bertz CT molecular complexity index is 1980. The smallest absolute Gasteiger partial charge is 0.335 e. The Morgan fingerprint density at radius 2 is 1.61 bits per heavy atom. The molecular weight excluding hydrogens is 620 g/mol. The third-order valence-corrected chi connectivity index (χ3v) is 8.52. The molecular formula is C37H29ClN2O5S.